The summed E-state index contributed by atoms with van der Waals surface area (Å²) in [6.45, 7) is 3.53. The molecule has 0 aliphatic carbocycles. The second kappa shape index (κ2) is 6.01. The van der Waals surface area contributed by atoms with E-state index in [2.05, 4.69) is 20.8 Å². The molecule has 0 aliphatic heterocycles. The Morgan fingerprint density at radius 1 is 1.20 bits per heavy atom. The molecule has 0 saturated heterocycles. The van der Waals surface area contributed by atoms with E-state index in [-0.39, 0.29) is 18.4 Å². The van der Waals surface area contributed by atoms with Gasteiger partial charge in [-0.1, -0.05) is 18.2 Å². The van der Waals surface area contributed by atoms with Crippen LogP contribution in [0.25, 0.3) is 0 Å². The van der Waals surface area contributed by atoms with E-state index in [4.69, 9.17) is 0 Å². The molecule has 104 valence electrons. The van der Waals surface area contributed by atoms with Gasteiger partial charge in [0.15, 0.2) is 0 Å². The third kappa shape index (κ3) is 3.23. The maximum absolute atomic E-state index is 11.8. The van der Waals surface area contributed by atoms with Crippen molar-refractivity contribution in [2.24, 2.45) is 0 Å². The number of benzene rings is 1. The van der Waals surface area contributed by atoms with Gasteiger partial charge in [-0.05, 0) is 26.0 Å². The largest absolute Gasteiger partial charge is 0.343 e. The van der Waals surface area contributed by atoms with Crippen molar-refractivity contribution in [1.82, 2.24) is 15.5 Å². The molecular formula is C14H16N4O2. The Balaban J connectivity index is 1.89. The summed E-state index contributed by atoms with van der Waals surface area (Å²) in [4.78, 5) is 23.6. The van der Waals surface area contributed by atoms with Crippen LogP contribution >= 0.6 is 0 Å². The minimum Gasteiger partial charge on any atom is -0.343 e. The molecule has 1 aromatic heterocycles. The number of nitrogens with one attached hydrogen (secondary N) is 3. The second-order valence-corrected chi connectivity index (χ2v) is 4.41. The summed E-state index contributed by atoms with van der Waals surface area (Å²) in [5.41, 5.74) is 2.68. The number of hydrogen-bond donors (Lipinski definition) is 3. The summed E-state index contributed by atoms with van der Waals surface area (Å²) >= 11 is 0. The van der Waals surface area contributed by atoms with Crippen molar-refractivity contribution in [2.45, 2.75) is 13.8 Å². The highest BCUT2D eigenvalue weighted by Crippen LogP contribution is 2.15. The van der Waals surface area contributed by atoms with E-state index >= 15 is 0 Å². The number of rotatable bonds is 4. The predicted molar refractivity (Wildman–Crippen MR) is 75.5 cm³/mol. The third-order valence-electron chi connectivity index (χ3n) is 2.84. The van der Waals surface area contributed by atoms with Gasteiger partial charge in [-0.15, -0.1) is 0 Å². The molecule has 0 unspecified atom stereocenters. The van der Waals surface area contributed by atoms with E-state index in [0.717, 1.165) is 5.69 Å². The van der Waals surface area contributed by atoms with Gasteiger partial charge in [0, 0.05) is 5.56 Å². The first-order chi connectivity index (χ1) is 9.58. The smallest absolute Gasteiger partial charge is 0.251 e. The molecule has 0 fully saturated rings. The molecular weight excluding hydrogens is 256 g/mol. The molecule has 0 radical (unpaired) electrons. The highest BCUT2D eigenvalue weighted by atomic mass is 16.2. The van der Waals surface area contributed by atoms with Crippen molar-refractivity contribution < 1.29 is 9.59 Å². The first-order valence-corrected chi connectivity index (χ1v) is 6.22. The molecule has 0 bridgehead atoms. The number of H-pyrrole nitrogens is 1. The third-order valence-corrected chi connectivity index (χ3v) is 2.84. The molecule has 2 aromatic rings. The average Bonchev–Trinajstić information content (AvgIpc) is 2.77. The average molecular weight is 272 g/mol. The van der Waals surface area contributed by atoms with Gasteiger partial charge < -0.3 is 10.6 Å². The first-order valence-electron chi connectivity index (χ1n) is 6.22. The molecule has 0 aliphatic rings. The number of anilines is 1. The van der Waals surface area contributed by atoms with Crippen LogP contribution in [0.5, 0.6) is 0 Å². The lowest BCUT2D eigenvalue weighted by Crippen LogP contribution is -2.33. The van der Waals surface area contributed by atoms with Crippen LogP contribution in [0, 0.1) is 13.8 Å². The van der Waals surface area contributed by atoms with Crippen molar-refractivity contribution in [3.8, 4) is 0 Å². The molecule has 1 aromatic carbocycles. The van der Waals surface area contributed by atoms with E-state index in [9.17, 15) is 9.59 Å². The summed E-state index contributed by atoms with van der Waals surface area (Å²) in [6, 6.07) is 8.75. The first kappa shape index (κ1) is 13.8. The highest BCUT2D eigenvalue weighted by molar-refractivity contribution is 5.99. The van der Waals surface area contributed by atoms with Crippen LogP contribution in [0.15, 0.2) is 30.3 Å². The van der Waals surface area contributed by atoms with Gasteiger partial charge in [-0.25, -0.2) is 0 Å². The second-order valence-electron chi connectivity index (χ2n) is 4.41. The number of carbonyl (C=O) groups excluding carboxylic acids is 2. The number of amides is 2. The molecule has 6 nitrogen and oxygen atoms in total. The van der Waals surface area contributed by atoms with Crippen LogP contribution in [-0.4, -0.2) is 28.6 Å². The van der Waals surface area contributed by atoms with E-state index < -0.39 is 0 Å². The fourth-order valence-corrected chi connectivity index (χ4v) is 1.77. The van der Waals surface area contributed by atoms with Gasteiger partial charge >= 0.3 is 0 Å². The minimum absolute atomic E-state index is 0.0855. The highest BCUT2D eigenvalue weighted by Gasteiger charge is 2.11. The summed E-state index contributed by atoms with van der Waals surface area (Å²) in [5.74, 6) is -0.566. The number of hydrogen-bond acceptors (Lipinski definition) is 3. The molecule has 3 N–H and O–H groups in total. The van der Waals surface area contributed by atoms with Crippen molar-refractivity contribution in [3.63, 3.8) is 0 Å². The Bertz CT molecular complexity index is 600. The van der Waals surface area contributed by atoms with Gasteiger partial charge in [0.05, 0.1) is 23.6 Å². The van der Waals surface area contributed by atoms with Crippen LogP contribution < -0.4 is 10.6 Å². The quantitative estimate of drug-likeness (QED) is 0.786. The molecule has 2 amide bonds. The molecule has 0 spiro atoms. The fraction of sp³-hybridized carbons (Fsp3) is 0.214. The van der Waals surface area contributed by atoms with Gasteiger partial charge in [0.25, 0.3) is 5.91 Å². The predicted octanol–water partition coefficient (Wildman–Crippen LogP) is 1.40. The Morgan fingerprint density at radius 3 is 2.50 bits per heavy atom. The lowest BCUT2D eigenvalue weighted by molar-refractivity contribution is -0.115. The van der Waals surface area contributed by atoms with Gasteiger partial charge in [-0.3, -0.25) is 14.7 Å². The van der Waals surface area contributed by atoms with Crippen LogP contribution in [0.4, 0.5) is 5.69 Å². The fourth-order valence-electron chi connectivity index (χ4n) is 1.77. The van der Waals surface area contributed by atoms with Gasteiger partial charge in [0.1, 0.15) is 0 Å². The number of aromatic nitrogens is 2. The Kier molecular flexibility index (Phi) is 4.14. The molecule has 1 heterocycles. The lowest BCUT2D eigenvalue weighted by Gasteiger charge is -2.07. The Hall–Kier alpha value is -2.63. The monoisotopic (exact) mass is 272 g/mol. The number of aryl methyl sites for hydroxylation is 2. The molecule has 2 rings (SSSR count). The van der Waals surface area contributed by atoms with E-state index in [1.54, 1.807) is 31.2 Å². The van der Waals surface area contributed by atoms with Crippen molar-refractivity contribution in [1.29, 1.82) is 0 Å². The summed E-state index contributed by atoms with van der Waals surface area (Å²) in [6.07, 6.45) is 0. The minimum atomic E-state index is -0.290. The van der Waals surface area contributed by atoms with E-state index in [0.29, 0.717) is 16.9 Å². The standard InChI is InChI=1S/C14H16N4O2/c1-9-13(10(2)18-17-9)16-12(19)8-15-14(20)11-6-4-3-5-7-11/h3-7H,8H2,1-2H3,(H,15,20)(H,16,19)(H,17,18). The molecule has 0 atom stereocenters. The van der Waals surface area contributed by atoms with Crippen molar-refractivity contribution in [3.05, 3.63) is 47.3 Å². The van der Waals surface area contributed by atoms with Crippen LogP contribution in [-0.2, 0) is 4.79 Å². The van der Waals surface area contributed by atoms with Crippen LogP contribution in [0.2, 0.25) is 0 Å². The zero-order valence-electron chi connectivity index (χ0n) is 11.4. The molecule has 20 heavy (non-hydrogen) atoms. The van der Waals surface area contributed by atoms with Crippen molar-refractivity contribution >= 4 is 17.5 Å². The molecule has 0 saturated carbocycles. The summed E-state index contributed by atoms with van der Waals surface area (Å²) < 4.78 is 0. The maximum Gasteiger partial charge on any atom is 0.251 e. The van der Waals surface area contributed by atoms with E-state index in [1.165, 1.54) is 0 Å². The zero-order valence-corrected chi connectivity index (χ0v) is 11.4. The lowest BCUT2D eigenvalue weighted by atomic mass is 10.2. The van der Waals surface area contributed by atoms with Gasteiger partial charge in [0.2, 0.25) is 5.91 Å². The van der Waals surface area contributed by atoms with Gasteiger partial charge in [-0.2, -0.15) is 5.10 Å². The number of aromatic amines is 1. The Morgan fingerprint density at radius 2 is 1.90 bits per heavy atom. The number of carbonyl (C=O) groups is 2. The Labute approximate surface area is 116 Å². The SMILES string of the molecule is Cc1n[nH]c(C)c1NC(=O)CNC(=O)c1ccccc1. The number of nitrogens with zero attached hydrogens (tertiary/aromatic N) is 1. The normalized spacial score (nSPS) is 10.1. The maximum atomic E-state index is 11.8. The molecule has 6 heteroatoms. The zero-order chi connectivity index (χ0) is 14.5. The van der Waals surface area contributed by atoms with Crippen molar-refractivity contribution in [2.75, 3.05) is 11.9 Å². The topological polar surface area (TPSA) is 86.9 Å². The summed E-state index contributed by atoms with van der Waals surface area (Å²) in [5, 5.41) is 12.1. The van der Waals surface area contributed by atoms with Crippen LogP contribution in [0.3, 0.4) is 0 Å². The van der Waals surface area contributed by atoms with E-state index in [1.807, 2.05) is 13.0 Å². The summed E-state index contributed by atoms with van der Waals surface area (Å²) in [7, 11) is 0. The van der Waals surface area contributed by atoms with Crippen LogP contribution in [0.1, 0.15) is 21.7 Å².